The first kappa shape index (κ1) is 21.0. The highest BCUT2D eigenvalue weighted by Gasteiger charge is 2.25. The van der Waals surface area contributed by atoms with Crippen molar-refractivity contribution in [2.75, 3.05) is 6.54 Å². The predicted octanol–water partition coefficient (Wildman–Crippen LogP) is 5.04. The van der Waals surface area contributed by atoms with Gasteiger partial charge < -0.3 is 10.2 Å². The lowest BCUT2D eigenvalue weighted by Crippen LogP contribution is -2.38. The molecule has 4 heteroatoms. The molecule has 0 radical (unpaired) electrons. The molecule has 0 aromatic heterocycles. The Morgan fingerprint density at radius 1 is 1.00 bits per heavy atom. The Hall–Kier alpha value is -2.33. The van der Waals surface area contributed by atoms with Crippen LogP contribution in [0.25, 0.3) is 0 Å². The summed E-state index contributed by atoms with van der Waals surface area (Å²) in [6.07, 6.45) is 0.803. The van der Waals surface area contributed by atoms with Gasteiger partial charge >= 0.3 is 5.97 Å². The summed E-state index contributed by atoms with van der Waals surface area (Å²) in [5.41, 5.74) is 2.68. The number of rotatable bonds is 8. The van der Waals surface area contributed by atoms with Crippen molar-refractivity contribution in [2.24, 2.45) is 0 Å². The van der Waals surface area contributed by atoms with Crippen LogP contribution in [0.15, 0.2) is 42.5 Å². The maximum atomic E-state index is 11.6. The highest BCUT2D eigenvalue weighted by Crippen LogP contribution is 2.38. The first-order valence-electron chi connectivity index (χ1n) is 9.60. The molecule has 1 unspecified atom stereocenters. The van der Waals surface area contributed by atoms with Gasteiger partial charge in [0.2, 0.25) is 0 Å². The summed E-state index contributed by atoms with van der Waals surface area (Å²) in [4.78, 5) is 14.0. The summed E-state index contributed by atoms with van der Waals surface area (Å²) in [5.74, 6) is -0.871. The van der Waals surface area contributed by atoms with Gasteiger partial charge in [-0.2, -0.15) is 0 Å². The maximum absolute atomic E-state index is 11.6. The summed E-state index contributed by atoms with van der Waals surface area (Å²) >= 11 is 0. The Morgan fingerprint density at radius 2 is 1.59 bits per heavy atom. The van der Waals surface area contributed by atoms with Crippen molar-refractivity contribution in [1.82, 2.24) is 4.90 Å². The molecule has 0 saturated heterocycles. The lowest BCUT2D eigenvalue weighted by Gasteiger charge is -2.32. The van der Waals surface area contributed by atoms with E-state index in [9.17, 15) is 15.0 Å². The second-order valence-corrected chi connectivity index (χ2v) is 7.65. The van der Waals surface area contributed by atoms with Crippen molar-refractivity contribution in [3.8, 4) is 5.75 Å². The second-order valence-electron chi connectivity index (χ2n) is 7.65. The minimum Gasteiger partial charge on any atom is -0.508 e. The Labute approximate surface area is 162 Å². The Morgan fingerprint density at radius 3 is 2.11 bits per heavy atom. The standard InChI is InChI=1S/C23H31NO3/c1-15(2)24(16(3)4)14-13-20(18-9-7-6-8-10-18)22-17(5)19(23(26)27)11-12-21(22)25/h6-12,15-16,20,25H,13-14H2,1-5H3,(H,26,27). The Kier molecular flexibility index (Phi) is 7.03. The highest BCUT2D eigenvalue weighted by atomic mass is 16.4. The third-order valence-corrected chi connectivity index (χ3v) is 5.28. The van der Waals surface area contributed by atoms with E-state index >= 15 is 0 Å². The van der Waals surface area contributed by atoms with E-state index in [1.54, 1.807) is 6.92 Å². The van der Waals surface area contributed by atoms with E-state index in [1.165, 1.54) is 12.1 Å². The molecule has 146 valence electrons. The Bertz CT molecular complexity index is 761. The summed E-state index contributed by atoms with van der Waals surface area (Å²) in [5, 5.41) is 20.1. The normalized spacial score (nSPS) is 12.7. The molecular formula is C23H31NO3. The van der Waals surface area contributed by atoms with Crippen LogP contribution in [-0.2, 0) is 0 Å². The number of aromatic hydroxyl groups is 1. The molecule has 2 aromatic carbocycles. The summed E-state index contributed by atoms with van der Waals surface area (Å²) < 4.78 is 0. The fourth-order valence-electron chi connectivity index (χ4n) is 3.94. The van der Waals surface area contributed by atoms with Gasteiger partial charge in [-0.05, 0) is 70.8 Å². The molecule has 2 N–H and O–H groups in total. The topological polar surface area (TPSA) is 60.8 Å². The third kappa shape index (κ3) is 4.89. The van der Waals surface area contributed by atoms with Crippen LogP contribution >= 0.6 is 0 Å². The monoisotopic (exact) mass is 369 g/mol. The van der Waals surface area contributed by atoms with Crippen molar-refractivity contribution in [3.05, 3.63) is 64.7 Å². The second kappa shape index (κ2) is 9.05. The lowest BCUT2D eigenvalue weighted by atomic mass is 9.83. The predicted molar refractivity (Wildman–Crippen MR) is 110 cm³/mol. The largest absolute Gasteiger partial charge is 0.508 e. The molecule has 0 saturated carbocycles. The average molecular weight is 370 g/mol. The van der Waals surface area contributed by atoms with Crippen LogP contribution in [0.2, 0.25) is 0 Å². The van der Waals surface area contributed by atoms with Gasteiger partial charge in [-0.3, -0.25) is 4.90 Å². The number of carboxylic acid groups (broad SMARTS) is 1. The quantitative estimate of drug-likeness (QED) is 0.684. The summed E-state index contributed by atoms with van der Waals surface area (Å²) in [6.45, 7) is 11.4. The van der Waals surface area contributed by atoms with Crippen LogP contribution in [0.1, 0.15) is 67.1 Å². The van der Waals surface area contributed by atoms with Gasteiger partial charge in [-0.25, -0.2) is 4.79 Å². The molecule has 0 spiro atoms. The van der Waals surface area contributed by atoms with Gasteiger partial charge in [0, 0.05) is 23.6 Å². The molecule has 1 atom stereocenters. The molecular weight excluding hydrogens is 338 g/mol. The Balaban J connectivity index is 2.49. The summed E-state index contributed by atoms with van der Waals surface area (Å²) in [7, 11) is 0. The van der Waals surface area contributed by atoms with E-state index in [1.807, 2.05) is 30.3 Å². The number of hydrogen-bond donors (Lipinski definition) is 2. The van der Waals surface area contributed by atoms with Crippen LogP contribution in [-0.4, -0.2) is 39.7 Å². The van der Waals surface area contributed by atoms with Crippen molar-refractivity contribution in [1.29, 1.82) is 0 Å². The zero-order valence-electron chi connectivity index (χ0n) is 16.9. The van der Waals surface area contributed by atoms with E-state index < -0.39 is 5.97 Å². The van der Waals surface area contributed by atoms with E-state index in [4.69, 9.17) is 0 Å². The minimum atomic E-state index is -0.966. The first-order valence-corrected chi connectivity index (χ1v) is 9.60. The van der Waals surface area contributed by atoms with Gasteiger partial charge in [0.05, 0.1) is 5.56 Å². The number of hydrogen-bond acceptors (Lipinski definition) is 3. The number of carboxylic acids is 1. The molecule has 2 rings (SSSR count). The average Bonchev–Trinajstić information content (AvgIpc) is 2.60. The van der Waals surface area contributed by atoms with E-state index in [-0.39, 0.29) is 17.2 Å². The van der Waals surface area contributed by atoms with Crippen molar-refractivity contribution in [3.63, 3.8) is 0 Å². The molecule has 0 fully saturated rings. The molecule has 0 heterocycles. The van der Waals surface area contributed by atoms with E-state index in [2.05, 4.69) is 32.6 Å². The maximum Gasteiger partial charge on any atom is 0.335 e. The molecule has 0 aliphatic rings. The van der Waals surface area contributed by atoms with Gasteiger partial charge in [0.15, 0.2) is 0 Å². The van der Waals surface area contributed by atoms with Crippen LogP contribution in [0.5, 0.6) is 5.75 Å². The minimum absolute atomic E-state index is 0.0644. The number of phenols is 1. The number of benzene rings is 2. The molecule has 27 heavy (non-hydrogen) atoms. The van der Waals surface area contributed by atoms with Crippen LogP contribution in [0.3, 0.4) is 0 Å². The van der Waals surface area contributed by atoms with Gasteiger partial charge in [0.25, 0.3) is 0 Å². The number of aromatic carboxylic acids is 1. The van der Waals surface area contributed by atoms with E-state index in [0.29, 0.717) is 23.2 Å². The van der Waals surface area contributed by atoms with Gasteiger partial charge in [-0.1, -0.05) is 30.3 Å². The van der Waals surface area contributed by atoms with Gasteiger partial charge in [0.1, 0.15) is 5.75 Å². The van der Waals surface area contributed by atoms with Crippen molar-refractivity contribution >= 4 is 5.97 Å². The first-order chi connectivity index (χ1) is 12.7. The van der Waals surface area contributed by atoms with Crippen molar-refractivity contribution < 1.29 is 15.0 Å². The number of phenolic OH excluding ortho intramolecular Hbond substituents is 1. The SMILES string of the molecule is Cc1c(C(=O)O)ccc(O)c1C(CCN(C(C)C)C(C)C)c1ccccc1. The molecule has 0 aliphatic carbocycles. The summed E-state index contributed by atoms with van der Waals surface area (Å²) in [6, 6.07) is 13.9. The van der Waals surface area contributed by atoms with Crippen LogP contribution in [0, 0.1) is 6.92 Å². The fourth-order valence-corrected chi connectivity index (χ4v) is 3.94. The third-order valence-electron chi connectivity index (χ3n) is 5.28. The molecule has 0 aliphatic heterocycles. The molecule has 0 bridgehead atoms. The smallest absolute Gasteiger partial charge is 0.335 e. The van der Waals surface area contributed by atoms with E-state index in [0.717, 1.165) is 18.5 Å². The zero-order chi connectivity index (χ0) is 20.1. The molecule has 4 nitrogen and oxygen atoms in total. The van der Waals surface area contributed by atoms with Crippen LogP contribution in [0.4, 0.5) is 0 Å². The van der Waals surface area contributed by atoms with Crippen molar-refractivity contribution in [2.45, 2.75) is 59.0 Å². The number of nitrogens with zero attached hydrogens (tertiary/aromatic N) is 1. The molecule has 0 amide bonds. The zero-order valence-corrected chi connectivity index (χ0v) is 16.9. The fraction of sp³-hybridized carbons (Fsp3) is 0.435. The molecule has 2 aromatic rings. The highest BCUT2D eigenvalue weighted by molar-refractivity contribution is 5.90. The van der Waals surface area contributed by atoms with Gasteiger partial charge in [-0.15, -0.1) is 0 Å². The van der Waals surface area contributed by atoms with Crippen LogP contribution < -0.4 is 0 Å². The lowest BCUT2D eigenvalue weighted by molar-refractivity contribution is 0.0696. The number of carbonyl (C=O) groups is 1.